The number of para-hydroxylation sites is 1. The molecule has 1 aliphatic rings. The Kier molecular flexibility index (Phi) is 6.47. The number of nitrogens with one attached hydrogen (secondary N) is 2. The highest BCUT2D eigenvalue weighted by Gasteiger charge is 2.17. The van der Waals surface area contributed by atoms with E-state index in [9.17, 15) is 4.79 Å². The Bertz CT molecular complexity index is 972. The van der Waals surface area contributed by atoms with Crippen LogP contribution in [-0.4, -0.2) is 42.1 Å². The molecule has 0 bridgehead atoms. The van der Waals surface area contributed by atoms with Gasteiger partial charge >= 0.3 is 6.03 Å². The molecule has 0 aliphatic carbocycles. The van der Waals surface area contributed by atoms with Crippen molar-refractivity contribution in [2.45, 2.75) is 6.54 Å². The van der Waals surface area contributed by atoms with Crippen LogP contribution in [0.2, 0.25) is 5.02 Å². The van der Waals surface area contributed by atoms with E-state index in [-0.39, 0.29) is 6.03 Å². The Balaban J connectivity index is 1.26. The zero-order valence-electron chi connectivity index (χ0n) is 16.6. The number of anilines is 3. The molecule has 154 valence electrons. The van der Waals surface area contributed by atoms with Gasteiger partial charge in [-0.05, 0) is 42.0 Å². The SMILES string of the molecule is O=C(Nc1ccc(CN2CCN(c3ccccn3)CC2)cc1)Nc1ccccc1Cl. The van der Waals surface area contributed by atoms with E-state index in [1.165, 1.54) is 5.56 Å². The first kappa shape index (κ1) is 20.2. The fourth-order valence-corrected chi connectivity index (χ4v) is 3.66. The molecule has 0 spiro atoms. The number of piperazine rings is 1. The molecule has 3 aromatic rings. The third-order valence-corrected chi connectivity index (χ3v) is 5.42. The Morgan fingerprint density at radius 2 is 1.63 bits per heavy atom. The maximum atomic E-state index is 12.2. The predicted molar refractivity (Wildman–Crippen MR) is 122 cm³/mol. The highest BCUT2D eigenvalue weighted by Crippen LogP contribution is 2.21. The Hall–Kier alpha value is -3.09. The second-order valence-corrected chi connectivity index (χ2v) is 7.61. The number of halogens is 1. The van der Waals surface area contributed by atoms with Crippen LogP contribution >= 0.6 is 11.6 Å². The van der Waals surface area contributed by atoms with E-state index in [0.29, 0.717) is 10.7 Å². The van der Waals surface area contributed by atoms with Crippen LogP contribution in [0, 0.1) is 0 Å². The third kappa shape index (κ3) is 5.28. The Morgan fingerprint density at radius 1 is 0.900 bits per heavy atom. The van der Waals surface area contributed by atoms with Crippen molar-refractivity contribution in [3.63, 3.8) is 0 Å². The van der Waals surface area contributed by atoms with Gasteiger partial charge in [0.05, 0.1) is 10.7 Å². The molecule has 7 heteroatoms. The molecule has 2 N–H and O–H groups in total. The van der Waals surface area contributed by atoms with Gasteiger partial charge in [0.25, 0.3) is 0 Å². The van der Waals surface area contributed by atoms with Crippen LogP contribution in [0.5, 0.6) is 0 Å². The van der Waals surface area contributed by atoms with Crippen molar-refractivity contribution in [3.8, 4) is 0 Å². The molecule has 30 heavy (non-hydrogen) atoms. The maximum absolute atomic E-state index is 12.2. The first-order valence-electron chi connectivity index (χ1n) is 9.97. The lowest BCUT2D eigenvalue weighted by atomic mass is 10.1. The summed E-state index contributed by atoms with van der Waals surface area (Å²) in [6.07, 6.45) is 1.84. The summed E-state index contributed by atoms with van der Waals surface area (Å²) < 4.78 is 0. The molecule has 1 aliphatic heterocycles. The van der Waals surface area contributed by atoms with Crippen molar-refractivity contribution in [2.24, 2.45) is 0 Å². The minimum atomic E-state index is -0.318. The van der Waals surface area contributed by atoms with E-state index in [0.717, 1.165) is 44.2 Å². The van der Waals surface area contributed by atoms with Gasteiger partial charge in [0.2, 0.25) is 0 Å². The molecule has 0 saturated carbocycles. The van der Waals surface area contributed by atoms with Crippen LogP contribution in [0.25, 0.3) is 0 Å². The van der Waals surface area contributed by atoms with Crippen molar-refractivity contribution in [2.75, 3.05) is 41.7 Å². The summed E-state index contributed by atoms with van der Waals surface area (Å²) >= 11 is 6.07. The van der Waals surface area contributed by atoms with Crippen molar-refractivity contribution < 1.29 is 4.79 Å². The quantitative estimate of drug-likeness (QED) is 0.626. The molecule has 1 fully saturated rings. The number of nitrogens with zero attached hydrogens (tertiary/aromatic N) is 3. The lowest BCUT2D eigenvalue weighted by Gasteiger charge is -2.35. The average Bonchev–Trinajstić information content (AvgIpc) is 2.78. The highest BCUT2D eigenvalue weighted by molar-refractivity contribution is 6.33. The van der Waals surface area contributed by atoms with Crippen LogP contribution < -0.4 is 15.5 Å². The summed E-state index contributed by atoms with van der Waals surface area (Å²) in [6.45, 7) is 4.83. The van der Waals surface area contributed by atoms with Gasteiger partial charge in [0.1, 0.15) is 5.82 Å². The smallest absolute Gasteiger partial charge is 0.323 e. The van der Waals surface area contributed by atoms with Gasteiger partial charge in [0.15, 0.2) is 0 Å². The Labute approximate surface area is 181 Å². The number of benzene rings is 2. The van der Waals surface area contributed by atoms with Crippen molar-refractivity contribution >= 4 is 34.8 Å². The average molecular weight is 422 g/mol. The zero-order valence-corrected chi connectivity index (χ0v) is 17.3. The molecule has 0 radical (unpaired) electrons. The van der Waals surface area contributed by atoms with Crippen LogP contribution in [0.3, 0.4) is 0 Å². The van der Waals surface area contributed by atoms with Gasteiger partial charge in [-0.1, -0.05) is 41.9 Å². The van der Waals surface area contributed by atoms with Gasteiger partial charge in [-0.2, -0.15) is 0 Å². The topological polar surface area (TPSA) is 60.5 Å². The normalized spacial score (nSPS) is 14.4. The molecule has 2 heterocycles. The molecule has 2 amide bonds. The minimum Gasteiger partial charge on any atom is -0.354 e. The number of carbonyl (C=O) groups excluding carboxylic acids is 1. The van der Waals surface area contributed by atoms with E-state index in [4.69, 9.17) is 11.6 Å². The summed E-state index contributed by atoms with van der Waals surface area (Å²) in [6, 6.07) is 20.8. The summed E-state index contributed by atoms with van der Waals surface area (Å²) in [7, 11) is 0. The van der Waals surface area contributed by atoms with Crippen molar-refractivity contribution in [3.05, 3.63) is 83.5 Å². The lowest BCUT2D eigenvalue weighted by Crippen LogP contribution is -2.46. The monoisotopic (exact) mass is 421 g/mol. The summed E-state index contributed by atoms with van der Waals surface area (Å²) in [5.74, 6) is 1.04. The van der Waals surface area contributed by atoms with Crippen LogP contribution in [-0.2, 0) is 6.54 Å². The first-order valence-corrected chi connectivity index (χ1v) is 10.3. The van der Waals surface area contributed by atoms with E-state index in [2.05, 4.69) is 43.6 Å². The maximum Gasteiger partial charge on any atom is 0.323 e. The predicted octanol–water partition coefficient (Wildman–Crippen LogP) is 4.70. The van der Waals surface area contributed by atoms with Gasteiger partial charge in [-0.3, -0.25) is 4.90 Å². The third-order valence-electron chi connectivity index (χ3n) is 5.09. The molecular formula is C23H24ClN5O. The fourth-order valence-electron chi connectivity index (χ4n) is 3.47. The largest absolute Gasteiger partial charge is 0.354 e. The van der Waals surface area contributed by atoms with E-state index in [1.54, 1.807) is 12.1 Å². The molecular weight excluding hydrogens is 398 g/mol. The highest BCUT2D eigenvalue weighted by atomic mass is 35.5. The van der Waals surface area contributed by atoms with Gasteiger partial charge in [-0.15, -0.1) is 0 Å². The zero-order chi connectivity index (χ0) is 20.8. The van der Waals surface area contributed by atoms with Crippen molar-refractivity contribution in [1.29, 1.82) is 0 Å². The summed E-state index contributed by atoms with van der Waals surface area (Å²) in [5.41, 5.74) is 2.54. The molecule has 2 aromatic carbocycles. The number of hydrogen-bond acceptors (Lipinski definition) is 4. The van der Waals surface area contributed by atoms with Gasteiger partial charge in [0, 0.05) is 44.6 Å². The number of rotatable bonds is 5. The molecule has 6 nitrogen and oxygen atoms in total. The molecule has 1 saturated heterocycles. The number of amides is 2. The van der Waals surface area contributed by atoms with Crippen LogP contribution in [0.15, 0.2) is 72.9 Å². The number of carbonyl (C=O) groups is 1. The molecule has 0 unspecified atom stereocenters. The number of urea groups is 1. The first-order chi connectivity index (χ1) is 14.7. The minimum absolute atomic E-state index is 0.318. The van der Waals surface area contributed by atoms with E-state index >= 15 is 0 Å². The standard InChI is InChI=1S/C23H24ClN5O/c24-20-5-1-2-6-21(20)27-23(30)26-19-10-8-18(9-11-19)17-28-13-15-29(16-14-28)22-7-3-4-12-25-22/h1-12H,13-17H2,(H2,26,27,30). The molecule has 1 aromatic heterocycles. The number of aromatic nitrogens is 1. The second-order valence-electron chi connectivity index (χ2n) is 7.21. The number of hydrogen-bond donors (Lipinski definition) is 2. The van der Waals surface area contributed by atoms with Crippen molar-refractivity contribution in [1.82, 2.24) is 9.88 Å². The second kappa shape index (κ2) is 9.61. The Morgan fingerprint density at radius 3 is 2.33 bits per heavy atom. The van der Waals surface area contributed by atoms with Gasteiger partial charge < -0.3 is 15.5 Å². The van der Waals surface area contributed by atoms with Gasteiger partial charge in [-0.25, -0.2) is 9.78 Å². The number of pyridine rings is 1. The fraction of sp³-hybridized carbons (Fsp3) is 0.217. The van der Waals surface area contributed by atoms with E-state index in [1.807, 2.05) is 42.6 Å². The van der Waals surface area contributed by atoms with E-state index < -0.39 is 0 Å². The van der Waals surface area contributed by atoms with Crippen LogP contribution in [0.1, 0.15) is 5.56 Å². The molecule has 0 atom stereocenters. The summed E-state index contributed by atoms with van der Waals surface area (Å²) in [4.78, 5) is 21.4. The summed E-state index contributed by atoms with van der Waals surface area (Å²) in [5, 5.41) is 6.10. The molecule has 4 rings (SSSR count). The van der Waals surface area contributed by atoms with Crippen LogP contribution in [0.4, 0.5) is 22.0 Å². The lowest BCUT2D eigenvalue weighted by molar-refractivity contribution is 0.249.